The Balaban J connectivity index is 1.06. The molecule has 1 N–H and O–H groups in total. The Labute approximate surface area is 233 Å². The summed E-state index contributed by atoms with van der Waals surface area (Å²) in [7, 11) is 0. The fourth-order valence-corrected chi connectivity index (χ4v) is 6.08. The summed E-state index contributed by atoms with van der Waals surface area (Å²) in [6.07, 6.45) is 1.28. The van der Waals surface area contributed by atoms with Crippen LogP contribution < -0.4 is 4.90 Å². The number of aliphatic hydroxyl groups is 1. The van der Waals surface area contributed by atoms with Crippen LogP contribution in [-0.2, 0) is 30.2 Å². The minimum Gasteiger partial charge on any atom is -0.472 e. The Morgan fingerprint density at radius 2 is 1.90 bits per heavy atom. The van der Waals surface area contributed by atoms with Crippen LogP contribution in [0.25, 0.3) is 11.3 Å². The van der Waals surface area contributed by atoms with E-state index in [9.17, 15) is 9.90 Å². The van der Waals surface area contributed by atoms with Crippen LogP contribution in [0.5, 0.6) is 0 Å². The van der Waals surface area contributed by atoms with Crippen LogP contribution in [0.15, 0.2) is 35.3 Å². The van der Waals surface area contributed by atoms with Gasteiger partial charge in [-0.05, 0) is 50.8 Å². The van der Waals surface area contributed by atoms with E-state index in [1.165, 1.54) is 0 Å². The maximum atomic E-state index is 12.0. The summed E-state index contributed by atoms with van der Waals surface area (Å²) in [5.41, 5.74) is 4.32. The maximum Gasteiger partial charge on any atom is 0.306 e. The fourth-order valence-electron chi connectivity index (χ4n) is 5.82. The van der Waals surface area contributed by atoms with Crippen molar-refractivity contribution in [3.8, 4) is 11.3 Å². The molecule has 3 fully saturated rings. The number of halogens is 1. The number of aliphatic imine (C=N–C) groups is 1. The van der Waals surface area contributed by atoms with Crippen LogP contribution in [0.2, 0.25) is 5.02 Å². The number of benzene rings is 1. The average Bonchev–Trinajstić information content (AvgIpc) is 3.60. The van der Waals surface area contributed by atoms with Crippen molar-refractivity contribution < 1.29 is 28.8 Å². The van der Waals surface area contributed by atoms with Gasteiger partial charge in [-0.2, -0.15) is 0 Å². The molecule has 10 heteroatoms. The third-order valence-electron chi connectivity index (χ3n) is 7.81. The molecular formula is C29H34ClN3O6. The van der Waals surface area contributed by atoms with Gasteiger partial charge in [0.25, 0.3) is 0 Å². The highest BCUT2D eigenvalue weighted by Gasteiger charge is 2.49. The molecule has 6 rings (SSSR count). The predicted molar refractivity (Wildman–Crippen MR) is 147 cm³/mol. The number of aromatic nitrogens is 1. The number of carbonyl (C=O) groups is 1. The van der Waals surface area contributed by atoms with Crippen LogP contribution in [0.3, 0.4) is 0 Å². The van der Waals surface area contributed by atoms with Crippen molar-refractivity contribution in [2.45, 2.75) is 70.1 Å². The number of ether oxygens (including phenoxy) is 4. The number of nitrogens with zero attached hydrogens (tertiary/aromatic N) is 3. The summed E-state index contributed by atoms with van der Waals surface area (Å²) < 4.78 is 22.7. The average molecular weight is 556 g/mol. The van der Waals surface area contributed by atoms with Gasteiger partial charge < -0.3 is 29.0 Å². The molecule has 0 bridgehead atoms. The molecule has 208 valence electrons. The lowest BCUT2D eigenvalue weighted by atomic mass is 9.93. The molecule has 0 radical (unpaired) electrons. The van der Waals surface area contributed by atoms with Crippen molar-refractivity contribution in [2.75, 3.05) is 31.2 Å². The van der Waals surface area contributed by atoms with Gasteiger partial charge in [-0.3, -0.25) is 4.79 Å². The first kappa shape index (κ1) is 26.5. The molecular weight excluding hydrogens is 522 g/mol. The molecule has 4 atom stereocenters. The van der Waals surface area contributed by atoms with E-state index in [2.05, 4.69) is 22.0 Å². The number of piperidine rings is 1. The number of fused-ring (bicyclic) bond motifs is 2. The Hall–Kier alpha value is -2.72. The molecule has 0 saturated carbocycles. The molecule has 0 amide bonds. The third-order valence-corrected chi connectivity index (χ3v) is 8.10. The topological polar surface area (TPSA) is 103 Å². The highest BCUT2D eigenvalue weighted by Crippen LogP contribution is 2.37. The summed E-state index contributed by atoms with van der Waals surface area (Å²) in [5, 5.41) is 10.5. The summed E-state index contributed by atoms with van der Waals surface area (Å²) in [6, 6.07) is 10.1. The van der Waals surface area contributed by atoms with Crippen molar-refractivity contribution in [1.29, 1.82) is 0 Å². The van der Waals surface area contributed by atoms with Gasteiger partial charge in [0.2, 0.25) is 0 Å². The smallest absolute Gasteiger partial charge is 0.306 e. The summed E-state index contributed by atoms with van der Waals surface area (Å²) in [6.45, 7) is 6.21. The second-order valence-electron chi connectivity index (χ2n) is 11.0. The molecule has 4 aliphatic heterocycles. The quantitative estimate of drug-likeness (QED) is 0.532. The minimum absolute atomic E-state index is 0.0645. The number of pyridine rings is 1. The van der Waals surface area contributed by atoms with Crippen molar-refractivity contribution >= 4 is 34.8 Å². The highest BCUT2D eigenvalue weighted by molar-refractivity contribution is 6.33. The number of hydrogen-bond donors (Lipinski definition) is 1. The van der Waals surface area contributed by atoms with E-state index >= 15 is 0 Å². The zero-order valence-corrected chi connectivity index (χ0v) is 23.0. The molecule has 1 aromatic carbocycles. The van der Waals surface area contributed by atoms with Gasteiger partial charge in [-0.1, -0.05) is 23.7 Å². The van der Waals surface area contributed by atoms with E-state index in [4.69, 9.17) is 35.5 Å². The SMILES string of the molecule is CC(C)OC(=O)CC1CCN(c2ccc(-c3nc4c(cc3Cl)N=C(O[C@@H]3CO[C@H]5[C@@H]3OC[C@H]5O)C4)cc2)CC1. The van der Waals surface area contributed by atoms with Crippen LogP contribution >= 0.6 is 11.6 Å². The molecule has 2 aromatic rings. The Morgan fingerprint density at radius 3 is 2.64 bits per heavy atom. The van der Waals surface area contributed by atoms with Gasteiger partial charge in [0, 0.05) is 30.8 Å². The monoisotopic (exact) mass is 555 g/mol. The van der Waals surface area contributed by atoms with E-state index in [-0.39, 0.29) is 37.0 Å². The van der Waals surface area contributed by atoms with Gasteiger partial charge in [-0.25, -0.2) is 9.98 Å². The lowest BCUT2D eigenvalue weighted by Crippen LogP contribution is -2.34. The van der Waals surface area contributed by atoms with Crippen LogP contribution in [0.4, 0.5) is 11.4 Å². The second kappa shape index (κ2) is 11.0. The largest absolute Gasteiger partial charge is 0.472 e. The Bertz CT molecular complexity index is 1240. The Kier molecular flexibility index (Phi) is 7.50. The lowest BCUT2D eigenvalue weighted by Gasteiger charge is -2.33. The number of carbonyl (C=O) groups excluding carboxylic acids is 1. The summed E-state index contributed by atoms with van der Waals surface area (Å²) in [4.78, 5) is 23.8. The van der Waals surface area contributed by atoms with Gasteiger partial charge in [0.15, 0.2) is 12.0 Å². The molecule has 9 nitrogen and oxygen atoms in total. The van der Waals surface area contributed by atoms with Crippen LogP contribution in [0.1, 0.15) is 38.8 Å². The van der Waals surface area contributed by atoms with Gasteiger partial charge in [0.05, 0.1) is 47.8 Å². The molecule has 3 saturated heterocycles. The molecule has 0 unspecified atom stereocenters. The van der Waals surface area contributed by atoms with Crippen molar-refractivity contribution in [1.82, 2.24) is 4.98 Å². The minimum atomic E-state index is -0.618. The second-order valence-corrected chi connectivity index (χ2v) is 11.4. The van der Waals surface area contributed by atoms with Crippen molar-refractivity contribution in [3.63, 3.8) is 0 Å². The van der Waals surface area contributed by atoms with E-state index in [0.29, 0.717) is 47.7 Å². The van der Waals surface area contributed by atoms with E-state index < -0.39 is 6.10 Å². The molecule has 5 heterocycles. The summed E-state index contributed by atoms with van der Waals surface area (Å²) >= 11 is 6.64. The zero-order chi connectivity index (χ0) is 27.1. The first-order valence-electron chi connectivity index (χ1n) is 13.7. The van der Waals surface area contributed by atoms with Crippen LogP contribution in [-0.4, -0.2) is 78.8 Å². The summed E-state index contributed by atoms with van der Waals surface area (Å²) in [5.74, 6) is 0.831. The van der Waals surface area contributed by atoms with Crippen molar-refractivity contribution in [2.24, 2.45) is 10.9 Å². The molecule has 1 aromatic heterocycles. The van der Waals surface area contributed by atoms with Crippen molar-refractivity contribution in [3.05, 3.63) is 41.0 Å². The lowest BCUT2D eigenvalue weighted by molar-refractivity contribution is -0.148. The van der Waals surface area contributed by atoms with Crippen LogP contribution in [0, 0.1) is 5.92 Å². The first-order valence-corrected chi connectivity index (χ1v) is 14.1. The molecule has 39 heavy (non-hydrogen) atoms. The fraction of sp³-hybridized carbons (Fsp3) is 0.552. The van der Waals surface area contributed by atoms with Gasteiger partial charge in [-0.15, -0.1) is 0 Å². The maximum absolute atomic E-state index is 12.0. The van der Waals surface area contributed by atoms with Gasteiger partial charge in [0.1, 0.15) is 18.3 Å². The molecule has 4 aliphatic rings. The number of aliphatic hydroxyl groups excluding tert-OH is 1. The Morgan fingerprint density at radius 1 is 1.15 bits per heavy atom. The van der Waals surface area contributed by atoms with E-state index in [1.54, 1.807) is 0 Å². The first-order chi connectivity index (χ1) is 18.8. The number of esters is 1. The van der Waals surface area contributed by atoms with Gasteiger partial charge >= 0.3 is 5.97 Å². The highest BCUT2D eigenvalue weighted by atomic mass is 35.5. The van der Waals surface area contributed by atoms with E-state index in [0.717, 1.165) is 42.9 Å². The molecule has 0 spiro atoms. The number of rotatable bonds is 6. The third kappa shape index (κ3) is 5.63. The number of hydrogen-bond acceptors (Lipinski definition) is 9. The number of anilines is 1. The van der Waals surface area contributed by atoms with E-state index in [1.807, 2.05) is 32.0 Å². The zero-order valence-electron chi connectivity index (χ0n) is 22.2. The predicted octanol–water partition coefficient (Wildman–Crippen LogP) is 4.09. The molecule has 0 aliphatic carbocycles. The standard InChI is InChI=1S/C29H34ClN3O6/c1-16(2)38-26(35)11-17-7-9-33(10-8-17)19-5-3-18(4-6-19)27-20(30)12-21-22(32-27)13-25(31-21)39-24-15-37-28-23(34)14-36-29(24)28/h3-6,12,16-17,23-24,28-29,34H,7-11,13-15H2,1-2H3/t23-,24-,28-,29-/m1/s1. The normalized spacial score (nSPS) is 26.5.